The Labute approximate surface area is 120 Å². The Hall–Kier alpha value is -2.28. The third-order valence-electron chi connectivity index (χ3n) is 3.81. The van der Waals surface area contributed by atoms with Crippen LogP contribution >= 0.6 is 0 Å². The van der Waals surface area contributed by atoms with Crippen LogP contribution in [0.15, 0.2) is 66.9 Å². The molecule has 1 unspecified atom stereocenters. The molecular formula is C19H19N. The summed E-state index contributed by atoms with van der Waals surface area (Å²) in [5.41, 5.74) is 3.89. The lowest BCUT2D eigenvalue weighted by molar-refractivity contribution is 0.960. The van der Waals surface area contributed by atoms with Gasteiger partial charge in [-0.25, -0.2) is 0 Å². The van der Waals surface area contributed by atoms with E-state index in [0.717, 1.165) is 0 Å². The van der Waals surface area contributed by atoms with Gasteiger partial charge >= 0.3 is 0 Å². The van der Waals surface area contributed by atoms with E-state index in [2.05, 4.69) is 85.4 Å². The molecule has 3 rings (SSSR count). The minimum atomic E-state index is 0.416. The van der Waals surface area contributed by atoms with Crippen molar-refractivity contribution in [3.05, 3.63) is 78.0 Å². The van der Waals surface area contributed by atoms with Crippen molar-refractivity contribution in [1.29, 1.82) is 0 Å². The van der Waals surface area contributed by atoms with Crippen LogP contribution in [0.5, 0.6) is 0 Å². The Kier molecular flexibility index (Phi) is 3.42. The molecule has 0 bridgehead atoms. The molecular weight excluding hydrogens is 242 g/mol. The first-order chi connectivity index (χ1) is 9.74. The molecule has 1 nitrogen and oxygen atoms in total. The fraction of sp³-hybridized carbons (Fsp3) is 0.158. The average Bonchev–Trinajstić information content (AvgIpc) is 2.87. The molecule has 1 atom stereocenters. The predicted octanol–water partition coefficient (Wildman–Crippen LogP) is 5.00. The summed E-state index contributed by atoms with van der Waals surface area (Å²) in [6.45, 7) is 2.24. The van der Waals surface area contributed by atoms with Gasteiger partial charge in [-0.1, -0.05) is 55.5 Å². The van der Waals surface area contributed by atoms with E-state index in [9.17, 15) is 0 Å². The number of hydrogen-bond acceptors (Lipinski definition) is 0. The number of benzene rings is 2. The fourth-order valence-electron chi connectivity index (χ4n) is 2.51. The van der Waals surface area contributed by atoms with Crippen LogP contribution in [0.3, 0.4) is 0 Å². The van der Waals surface area contributed by atoms with Gasteiger partial charge in [-0.3, -0.25) is 0 Å². The number of rotatable bonds is 3. The van der Waals surface area contributed by atoms with Gasteiger partial charge in [0.15, 0.2) is 0 Å². The quantitative estimate of drug-likeness (QED) is 0.625. The number of fused-ring (bicyclic) bond motifs is 1. The van der Waals surface area contributed by atoms with Crippen LogP contribution in [0.2, 0.25) is 0 Å². The highest BCUT2D eigenvalue weighted by Crippen LogP contribution is 2.23. The molecule has 1 heteroatoms. The van der Waals surface area contributed by atoms with Crippen molar-refractivity contribution in [3.8, 4) is 0 Å². The highest BCUT2D eigenvalue weighted by atomic mass is 14.9. The first-order valence-corrected chi connectivity index (χ1v) is 7.02. The van der Waals surface area contributed by atoms with Crippen molar-refractivity contribution < 1.29 is 0 Å². The predicted molar refractivity (Wildman–Crippen MR) is 86.8 cm³/mol. The topological polar surface area (TPSA) is 4.93 Å². The molecule has 0 aliphatic carbocycles. The largest absolute Gasteiger partial charge is 0.351 e. The van der Waals surface area contributed by atoms with Gasteiger partial charge in [-0.2, -0.15) is 0 Å². The summed E-state index contributed by atoms with van der Waals surface area (Å²) in [6.07, 6.45) is 6.57. The van der Waals surface area contributed by atoms with E-state index >= 15 is 0 Å². The summed E-state index contributed by atoms with van der Waals surface area (Å²) in [4.78, 5) is 0. The minimum Gasteiger partial charge on any atom is -0.351 e. The Morgan fingerprint density at radius 2 is 1.80 bits per heavy atom. The number of aromatic nitrogens is 1. The zero-order valence-electron chi connectivity index (χ0n) is 12.0. The van der Waals surface area contributed by atoms with Crippen LogP contribution < -0.4 is 0 Å². The van der Waals surface area contributed by atoms with Crippen molar-refractivity contribution in [2.75, 3.05) is 0 Å². The molecule has 100 valence electrons. The molecule has 0 aliphatic rings. The Morgan fingerprint density at radius 1 is 1.00 bits per heavy atom. The SMILES string of the molecule is CC(/C=C/c1ccccc1)c1ccc2c(ccn2C)c1. The zero-order valence-corrected chi connectivity index (χ0v) is 12.0. The van der Waals surface area contributed by atoms with Crippen molar-refractivity contribution in [2.45, 2.75) is 12.8 Å². The normalized spacial score (nSPS) is 13.1. The van der Waals surface area contributed by atoms with Crippen molar-refractivity contribution in [3.63, 3.8) is 0 Å². The highest BCUT2D eigenvalue weighted by molar-refractivity contribution is 5.81. The maximum absolute atomic E-state index is 2.29. The molecule has 0 N–H and O–H groups in total. The molecule has 1 heterocycles. The Balaban J connectivity index is 1.85. The van der Waals surface area contributed by atoms with Gasteiger partial charge in [-0.05, 0) is 40.6 Å². The smallest absolute Gasteiger partial charge is 0.0477 e. The van der Waals surface area contributed by atoms with Crippen LogP contribution in [0.1, 0.15) is 24.0 Å². The van der Waals surface area contributed by atoms with E-state index in [1.165, 1.54) is 22.0 Å². The first-order valence-electron chi connectivity index (χ1n) is 7.02. The molecule has 3 aromatic rings. The van der Waals surface area contributed by atoms with E-state index in [0.29, 0.717) is 5.92 Å². The lowest BCUT2D eigenvalue weighted by Crippen LogP contribution is -1.90. The molecule has 2 aromatic carbocycles. The zero-order chi connectivity index (χ0) is 13.9. The van der Waals surface area contributed by atoms with Crippen LogP contribution in [-0.4, -0.2) is 4.57 Å². The van der Waals surface area contributed by atoms with Crippen LogP contribution in [0.25, 0.3) is 17.0 Å². The molecule has 0 saturated heterocycles. The second-order valence-electron chi connectivity index (χ2n) is 5.30. The van der Waals surface area contributed by atoms with Crippen LogP contribution in [0.4, 0.5) is 0 Å². The van der Waals surface area contributed by atoms with Gasteiger partial charge < -0.3 is 4.57 Å². The summed E-state index contributed by atoms with van der Waals surface area (Å²) >= 11 is 0. The number of allylic oxidation sites excluding steroid dienone is 1. The monoisotopic (exact) mass is 261 g/mol. The standard InChI is InChI=1S/C19H19N/c1-15(8-9-16-6-4-3-5-7-16)17-10-11-19-18(14-17)12-13-20(19)2/h3-15H,1-2H3/b9-8+. The first kappa shape index (κ1) is 12.7. The van der Waals surface area contributed by atoms with Gasteiger partial charge in [-0.15, -0.1) is 0 Å². The van der Waals surface area contributed by atoms with Crippen LogP contribution in [0, 0.1) is 0 Å². The molecule has 0 spiro atoms. The highest BCUT2D eigenvalue weighted by Gasteiger charge is 2.04. The molecule has 0 saturated carbocycles. The van der Waals surface area contributed by atoms with Gasteiger partial charge in [0.25, 0.3) is 0 Å². The number of hydrogen-bond donors (Lipinski definition) is 0. The third kappa shape index (κ3) is 2.53. The van der Waals surface area contributed by atoms with Gasteiger partial charge in [0.05, 0.1) is 0 Å². The molecule has 20 heavy (non-hydrogen) atoms. The lowest BCUT2D eigenvalue weighted by atomic mass is 9.98. The summed E-state index contributed by atoms with van der Waals surface area (Å²) in [5.74, 6) is 0.416. The summed E-state index contributed by atoms with van der Waals surface area (Å²) < 4.78 is 2.16. The molecule has 0 aliphatic heterocycles. The second kappa shape index (κ2) is 5.38. The van der Waals surface area contributed by atoms with Crippen molar-refractivity contribution in [2.24, 2.45) is 7.05 Å². The fourth-order valence-corrected chi connectivity index (χ4v) is 2.51. The molecule has 1 aromatic heterocycles. The Bertz CT molecular complexity index is 735. The summed E-state index contributed by atoms with van der Waals surface area (Å²) in [7, 11) is 2.08. The Morgan fingerprint density at radius 3 is 2.60 bits per heavy atom. The van der Waals surface area contributed by atoms with E-state index in [1.54, 1.807) is 0 Å². The second-order valence-corrected chi connectivity index (χ2v) is 5.30. The van der Waals surface area contributed by atoms with E-state index in [1.807, 2.05) is 6.07 Å². The minimum absolute atomic E-state index is 0.416. The maximum Gasteiger partial charge on any atom is 0.0477 e. The lowest BCUT2D eigenvalue weighted by Gasteiger charge is -2.07. The molecule has 0 radical (unpaired) electrons. The van der Waals surface area contributed by atoms with Crippen molar-refractivity contribution in [1.82, 2.24) is 4.57 Å². The maximum atomic E-state index is 2.29. The molecule has 0 amide bonds. The van der Waals surface area contributed by atoms with E-state index < -0.39 is 0 Å². The van der Waals surface area contributed by atoms with Crippen molar-refractivity contribution >= 4 is 17.0 Å². The van der Waals surface area contributed by atoms with Gasteiger partial charge in [0.2, 0.25) is 0 Å². The molecule has 0 fully saturated rings. The van der Waals surface area contributed by atoms with Gasteiger partial charge in [0, 0.05) is 18.8 Å². The van der Waals surface area contributed by atoms with E-state index in [-0.39, 0.29) is 0 Å². The summed E-state index contributed by atoms with van der Waals surface area (Å²) in [5, 5.41) is 1.31. The third-order valence-corrected chi connectivity index (χ3v) is 3.81. The average molecular weight is 261 g/mol. The van der Waals surface area contributed by atoms with Gasteiger partial charge in [0.1, 0.15) is 0 Å². The number of aryl methyl sites for hydroxylation is 1. The summed E-state index contributed by atoms with van der Waals surface area (Å²) in [6, 6.07) is 19.3. The van der Waals surface area contributed by atoms with Crippen LogP contribution in [-0.2, 0) is 7.05 Å². The van der Waals surface area contributed by atoms with E-state index in [4.69, 9.17) is 0 Å². The number of nitrogens with zero attached hydrogens (tertiary/aromatic N) is 1.